The molecule has 8 heteroatoms. The van der Waals surface area contributed by atoms with Crippen molar-refractivity contribution in [2.45, 2.75) is 32.4 Å². The maximum atomic E-state index is 12.9. The minimum absolute atomic E-state index is 0.203. The number of rotatable bonds is 4. The van der Waals surface area contributed by atoms with Crippen LogP contribution in [-0.4, -0.2) is 34.0 Å². The van der Waals surface area contributed by atoms with Crippen LogP contribution < -0.4 is 15.8 Å². The molecule has 1 aromatic heterocycles. The molecule has 1 aliphatic heterocycles. The standard InChI is InChI=1S/C22H21ClN4O3/c1-14-6-4-7-15-20(14)24-13-26(21(15)29)12-19(28)25-17-9-5-11-27(22(17)30)18-10-3-2-8-16(18)23/h2-4,6-8,10,13,17H,5,9,11-12H2,1H3,(H,25,28). The van der Waals surface area contributed by atoms with Crippen LogP contribution in [0.1, 0.15) is 18.4 Å². The van der Waals surface area contributed by atoms with Crippen LogP contribution in [0.2, 0.25) is 5.02 Å². The van der Waals surface area contributed by atoms with E-state index >= 15 is 0 Å². The quantitative estimate of drug-likeness (QED) is 0.697. The molecule has 0 radical (unpaired) electrons. The summed E-state index contributed by atoms with van der Waals surface area (Å²) in [7, 11) is 0. The zero-order valence-electron chi connectivity index (χ0n) is 16.5. The molecule has 0 saturated carbocycles. The number of amides is 2. The second-order valence-electron chi connectivity index (χ2n) is 7.35. The molecule has 1 N–H and O–H groups in total. The molecule has 7 nitrogen and oxygen atoms in total. The van der Waals surface area contributed by atoms with Gasteiger partial charge in [0.2, 0.25) is 11.8 Å². The molecular formula is C22H21ClN4O3. The summed E-state index contributed by atoms with van der Waals surface area (Å²) in [6.07, 6.45) is 2.64. The molecule has 0 spiro atoms. The average Bonchev–Trinajstić information content (AvgIpc) is 2.73. The van der Waals surface area contributed by atoms with Crippen molar-refractivity contribution in [2.24, 2.45) is 0 Å². The van der Waals surface area contributed by atoms with E-state index in [0.29, 0.717) is 34.6 Å². The summed E-state index contributed by atoms with van der Waals surface area (Å²) in [4.78, 5) is 44.1. The Hall–Kier alpha value is -3.19. The fourth-order valence-electron chi connectivity index (χ4n) is 3.76. The highest BCUT2D eigenvalue weighted by atomic mass is 35.5. The van der Waals surface area contributed by atoms with Gasteiger partial charge in [0, 0.05) is 6.54 Å². The van der Waals surface area contributed by atoms with Crippen molar-refractivity contribution in [3.8, 4) is 0 Å². The number of fused-ring (bicyclic) bond motifs is 1. The highest BCUT2D eigenvalue weighted by Gasteiger charge is 2.31. The number of hydrogen-bond acceptors (Lipinski definition) is 4. The SMILES string of the molecule is Cc1cccc2c(=O)n(CC(=O)NC3CCCN(c4ccccc4Cl)C3=O)cnc12. The van der Waals surface area contributed by atoms with Gasteiger partial charge in [-0.3, -0.25) is 19.0 Å². The summed E-state index contributed by atoms with van der Waals surface area (Å²) in [6.45, 7) is 2.22. The molecule has 0 aliphatic carbocycles. The van der Waals surface area contributed by atoms with Crippen LogP contribution in [0.15, 0.2) is 53.6 Å². The summed E-state index contributed by atoms with van der Waals surface area (Å²) < 4.78 is 1.26. The molecule has 4 rings (SSSR count). The first-order valence-corrected chi connectivity index (χ1v) is 10.1. The minimum Gasteiger partial charge on any atom is -0.343 e. The summed E-state index contributed by atoms with van der Waals surface area (Å²) in [5, 5.41) is 3.71. The number of para-hydroxylation sites is 2. The zero-order chi connectivity index (χ0) is 21.3. The van der Waals surface area contributed by atoms with Crippen molar-refractivity contribution in [1.29, 1.82) is 0 Å². The Bertz CT molecular complexity index is 1190. The van der Waals surface area contributed by atoms with Crippen molar-refractivity contribution in [3.05, 3.63) is 69.7 Å². The molecule has 30 heavy (non-hydrogen) atoms. The lowest BCUT2D eigenvalue weighted by Gasteiger charge is -2.33. The maximum absolute atomic E-state index is 12.9. The topological polar surface area (TPSA) is 84.3 Å². The van der Waals surface area contributed by atoms with Crippen LogP contribution in [0.25, 0.3) is 10.9 Å². The molecular weight excluding hydrogens is 404 g/mol. The van der Waals surface area contributed by atoms with Crippen LogP contribution in [0.4, 0.5) is 5.69 Å². The number of benzene rings is 2. The molecule has 1 aliphatic rings. The lowest BCUT2D eigenvalue weighted by molar-refractivity contribution is -0.128. The van der Waals surface area contributed by atoms with E-state index in [0.717, 1.165) is 12.0 Å². The number of piperidine rings is 1. The van der Waals surface area contributed by atoms with E-state index in [9.17, 15) is 14.4 Å². The summed E-state index contributed by atoms with van der Waals surface area (Å²) in [5.41, 5.74) is 1.87. The van der Waals surface area contributed by atoms with Crippen LogP contribution in [-0.2, 0) is 16.1 Å². The predicted molar refractivity (Wildman–Crippen MR) is 116 cm³/mol. The van der Waals surface area contributed by atoms with Gasteiger partial charge in [0.05, 0.1) is 27.9 Å². The Balaban J connectivity index is 1.50. The maximum Gasteiger partial charge on any atom is 0.261 e. The second-order valence-corrected chi connectivity index (χ2v) is 7.76. The van der Waals surface area contributed by atoms with E-state index in [1.54, 1.807) is 35.2 Å². The first-order chi connectivity index (χ1) is 14.5. The van der Waals surface area contributed by atoms with Gasteiger partial charge in [-0.05, 0) is 43.5 Å². The molecule has 0 bridgehead atoms. The van der Waals surface area contributed by atoms with E-state index in [2.05, 4.69) is 10.3 Å². The predicted octanol–water partition coefficient (Wildman–Crippen LogP) is 2.67. The molecule has 2 aromatic carbocycles. The van der Waals surface area contributed by atoms with Crippen LogP contribution in [0.3, 0.4) is 0 Å². The van der Waals surface area contributed by atoms with Gasteiger partial charge in [0.25, 0.3) is 5.56 Å². The van der Waals surface area contributed by atoms with Crippen molar-refractivity contribution < 1.29 is 9.59 Å². The Kier molecular flexibility index (Phi) is 5.55. The fourth-order valence-corrected chi connectivity index (χ4v) is 4.00. The highest BCUT2D eigenvalue weighted by Crippen LogP contribution is 2.28. The lowest BCUT2D eigenvalue weighted by atomic mass is 10.0. The molecule has 1 fully saturated rings. The number of aryl methyl sites for hydroxylation is 1. The highest BCUT2D eigenvalue weighted by molar-refractivity contribution is 6.33. The average molecular weight is 425 g/mol. The fraction of sp³-hybridized carbons (Fsp3) is 0.273. The number of anilines is 1. The number of aromatic nitrogens is 2. The van der Waals surface area contributed by atoms with Gasteiger partial charge >= 0.3 is 0 Å². The molecule has 1 atom stereocenters. The summed E-state index contributed by atoms with van der Waals surface area (Å²) in [5.74, 6) is -0.618. The summed E-state index contributed by atoms with van der Waals surface area (Å²) >= 11 is 6.23. The number of halogens is 1. The molecule has 2 heterocycles. The van der Waals surface area contributed by atoms with E-state index in [1.807, 2.05) is 19.1 Å². The number of carbonyl (C=O) groups is 2. The van der Waals surface area contributed by atoms with Crippen molar-refractivity contribution in [3.63, 3.8) is 0 Å². The molecule has 2 amide bonds. The first kappa shape index (κ1) is 20.1. The molecule has 154 valence electrons. The monoisotopic (exact) mass is 424 g/mol. The van der Waals surface area contributed by atoms with Crippen LogP contribution in [0, 0.1) is 6.92 Å². The van der Waals surface area contributed by atoms with Gasteiger partial charge in [0.15, 0.2) is 0 Å². The third-order valence-electron chi connectivity index (χ3n) is 5.29. The Morgan fingerprint density at radius 1 is 1.20 bits per heavy atom. The van der Waals surface area contributed by atoms with Gasteiger partial charge in [-0.2, -0.15) is 0 Å². The number of nitrogens with one attached hydrogen (secondary N) is 1. The Morgan fingerprint density at radius 2 is 2.00 bits per heavy atom. The van der Waals surface area contributed by atoms with Gasteiger partial charge in [-0.15, -0.1) is 0 Å². The van der Waals surface area contributed by atoms with Gasteiger partial charge in [0.1, 0.15) is 12.6 Å². The normalized spacial score (nSPS) is 16.7. The molecule has 3 aromatic rings. The summed E-state index contributed by atoms with van der Waals surface area (Å²) in [6, 6.07) is 11.8. The van der Waals surface area contributed by atoms with Crippen molar-refractivity contribution >= 4 is 40.0 Å². The van der Waals surface area contributed by atoms with E-state index in [1.165, 1.54) is 10.9 Å². The van der Waals surface area contributed by atoms with Gasteiger partial charge in [-0.25, -0.2) is 4.98 Å². The third kappa shape index (κ3) is 3.80. The van der Waals surface area contributed by atoms with Gasteiger partial charge in [-0.1, -0.05) is 35.9 Å². The van der Waals surface area contributed by atoms with E-state index in [-0.39, 0.29) is 18.0 Å². The number of nitrogens with zero attached hydrogens (tertiary/aromatic N) is 3. The smallest absolute Gasteiger partial charge is 0.261 e. The van der Waals surface area contributed by atoms with E-state index < -0.39 is 11.9 Å². The Labute approximate surface area is 178 Å². The van der Waals surface area contributed by atoms with Crippen molar-refractivity contribution in [1.82, 2.24) is 14.9 Å². The van der Waals surface area contributed by atoms with Crippen molar-refractivity contribution in [2.75, 3.05) is 11.4 Å². The zero-order valence-corrected chi connectivity index (χ0v) is 17.2. The minimum atomic E-state index is -0.658. The third-order valence-corrected chi connectivity index (χ3v) is 5.61. The number of carbonyl (C=O) groups excluding carboxylic acids is 2. The van der Waals surface area contributed by atoms with E-state index in [4.69, 9.17) is 11.6 Å². The van der Waals surface area contributed by atoms with Crippen LogP contribution >= 0.6 is 11.6 Å². The lowest BCUT2D eigenvalue weighted by Crippen LogP contribution is -2.53. The Morgan fingerprint density at radius 3 is 2.80 bits per heavy atom. The first-order valence-electron chi connectivity index (χ1n) is 9.76. The molecule has 1 saturated heterocycles. The van der Waals surface area contributed by atoms with Gasteiger partial charge < -0.3 is 10.2 Å². The molecule has 1 unspecified atom stereocenters. The number of hydrogen-bond donors (Lipinski definition) is 1. The largest absolute Gasteiger partial charge is 0.343 e. The second kappa shape index (κ2) is 8.28. The van der Waals surface area contributed by atoms with Crippen LogP contribution in [0.5, 0.6) is 0 Å².